The molecule has 18 heavy (non-hydrogen) atoms. The fourth-order valence-corrected chi connectivity index (χ4v) is 4.23. The molecular weight excluding hydrogens is 250 g/mol. The molecule has 0 saturated carbocycles. The van der Waals surface area contributed by atoms with Gasteiger partial charge in [-0.2, -0.15) is 0 Å². The van der Waals surface area contributed by atoms with Gasteiger partial charge in [-0.3, -0.25) is 0 Å². The number of hydrogen-bond donors (Lipinski definition) is 2. The molecule has 5 nitrogen and oxygen atoms in total. The van der Waals surface area contributed by atoms with Crippen molar-refractivity contribution in [2.75, 3.05) is 11.5 Å². The van der Waals surface area contributed by atoms with E-state index in [0.717, 1.165) is 22.4 Å². The third-order valence-electron chi connectivity index (χ3n) is 3.45. The average molecular weight is 265 g/mol. The van der Waals surface area contributed by atoms with Gasteiger partial charge in [0.1, 0.15) is 5.82 Å². The van der Waals surface area contributed by atoms with Crippen molar-refractivity contribution in [2.24, 2.45) is 5.73 Å². The van der Waals surface area contributed by atoms with Gasteiger partial charge in [-0.15, -0.1) is 0 Å². The summed E-state index contributed by atoms with van der Waals surface area (Å²) < 4.78 is 23.0. The van der Waals surface area contributed by atoms with E-state index in [1.807, 2.05) is 18.2 Å². The number of H-pyrrole nitrogens is 1. The van der Waals surface area contributed by atoms with Crippen molar-refractivity contribution in [3.05, 3.63) is 29.6 Å². The molecule has 0 aliphatic carbocycles. The number of nitrogens with two attached hydrogens (primary N) is 1. The Bertz CT molecular complexity index is 690. The Labute approximate surface area is 105 Å². The van der Waals surface area contributed by atoms with Crippen molar-refractivity contribution in [1.82, 2.24) is 9.97 Å². The quantitative estimate of drug-likeness (QED) is 0.845. The van der Waals surface area contributed by atoms with Crippen LogP contribution in [0.5, 0.6) is 0 Å². The number of hydrogen-bond acceptors (Lipinski definition) is 4. The zero-order valence-corrected chi connectivity index (χ0v) is 10.7. The molecule has 6 heteroatoms. The molecule has 3 rings (SSSR count). The van der Waals surface area contributed by atoms with Crippen molar-refractivity contribution in [2.45, 2.75) is 18.9 Å². The highest BCUT2D eigenvalue weighted by Crippen LogP contribution is 2.29. The molecule has 1 aromatic carbocycles. The lowest BCUT2D eigenvalue weighted by atomic mass is 10.1. The van der Waals surface area contributed by atoms with Crippen LogP contribution in [-0.2, 0) is 16.4 Å². The summed E-state index contributed by atoms with van der Waals surface area (Å²) in [6.07, 6.45) is 0.653. The van der Waals surface area contributed by atoms with Gasteiger partial charge >= 0.3 is 0 Å². The lowest BCUT2D eigenvalue weighted by Gasteiger charge is -2.01. The number of nitrogens with one attached hydrogen (secondary N) is 1. The van der Waals surface area contributed by atoms with Crippen LogP contribution in [0.25, 0.3) is 11.0 Å². The predicted octanol–water partition coefficient (Wildman–Crippen LogP) is 0.924. The van der Waals surface area contributed by atoms with Crippen molar-refractivity contribution < 1.29 is 8.42 Å². The molecule has 0 radical (unpaired) electrons. The molecule has 0 amide bonds. The van der Waals surface area contributed by atoms with E-state index in [0.29, 0.717) is 13.0 Å². The molecule has 1 aromatic heterocycles. The van der Waals surface area contributed by atoms with E-state index >= 15 is 0 Å². The lowest BCUT2D eigenvalue weighted by Crippen LogP contribution is -2.05. The molecular formula is C12H15N3O2S. The van der Waals surface area contributed by atoms with Crippen LogP contribution in [0.3, 0.4) is 0 Å². The molecule has 0 spiro atoms. The number of sulfone groups is 1. The second-order valence-electron chi connectivity index (χ2n) is 4.74. The summed E-state index contributed by atoms with van der Waals surface area (Å²) in [4.78, 5) is 7.75. The SMILES string of the molecule is NCc1cccc2[nH]c(C3CCS(=O)(=O)C3)nc12. The first-order chi connectivity index (χ1) is 8.59. The van der Waals surface area contributed by atoms with Gasteiger partial charge in [0.05, 0.1) is 22.5 Å². The Hall–Kier alpha value is -1.40. The van der Waals surface area contributed by atoms with Crippen LogP contribution in [-0.4, -0.2) is 29.9 Å². The first-order valence-electron chi connectivity index (χ1n) is 5.97. The standard InChI is InChI=1S/C12H15N3O2S/c13-6-8-2-1-3-10-11(8)15-12(14-10)9-4-5-18(16,17)7-9/h1-3,9H,4-7,13H2,(H,14,15). The summed E-state index contributed by atoms with van der Waals surface area (Å²) in [7, 11) is -2.88. The number of aromatic nitrogens is 2. The van der Waals surface area contributed by atoms with Gasteiger partial charge in [-0.05, 0) is 18.1 Å². The summed E-state index contributed by atoms with van der Waals surface area (Å²) >= 11 is 0. The van der Waals surface area contributed by atoms with Crippen molar-refractivity contribution in [1.29, 1.82) is 0 Å². The van der Waals surface area contributed by atoms with Gasteiger partial charge < -0.3 is 10.7 Å². The minimum atomic E-state index is -2.88. The molecule has 1 aliphatic heterocycles. The smallest absolute Gasteiger partial charge is 0.151 e. The highest BCUT2D eigenvalue weighted by Gasteiger charge is 2.31. The minimum absolute atomic E-state index is 0.00646. The van der Waals surface area contributed by atoms with Crippen molar-refractivity contribution in [3.63, 3.8) is 0 Å². The van der Waals surface area contributed by atoms with Gasteiger partial charge in [-0.1, -0.05) is 12.1 Å². The monoisotopic (exact) mass is 265 g/mol. The number of imidazole rings is 1. The van der Waals surface area contributed by atoms with Gasteiger partial charge in [0.15, 0.2) is 9.84 Å². The number of fused-ring (bicyclic) bond motifs is 1. The van der Waals surface area contributed by atoms with E-state index in [2.05, 4.69) is 9.97 Å². The van der Waals surface area contributed by atoms with Crippen LogP contribution in [0.1, 0.15) is 23.7 Å². The van der Waals surface area contributed by atoms with Crippen LogP contribution in [0.4, 0.5) is 0 Å². The maximum atomic E-state index is 11.5. The Morgan fingerprint density at radius 1 is 1.44 bits per heavy atom. The van der Waals surface area contributed by atoms with E-state index in [9.17, 15) is 8.42 Å². The molecule has 1 atom stereocenters. The molecule has 3 N–H and O–H groups in total. The van der Waals surface area contributed by atoms with E-state index in [4.69, 9.17) is 5.73 Å². The van der Waals surface area contributed by atoms with E-state index in [1.165, 1.54) is 0 Å². The molecule has 1 fully saturated rings. The van der Waals surface area contributed by atoms with Crippen LogP contribution in [0, 0.1) is 0 Å². The molecule has 0 bridgehead atoms. The Morgan fingerprint density at radius 3 is 2.94 bits per heavy atom. The second kappa shape index (κ2) is 4.07. The molecule has 96 valence electrons. The fraction of sp³-hybridized carbons (Fsp3) is 0.417. The van der Waals surface area contributed by atoms with Crippen LogP contribution in [0.15, 0.2) is 18.2 Å². The van der Waals surface area contributed by atoms with E-state index in [-0.39, 0.29) is 17.4 Å². The molecule has 1 saturated heterocycles. The summed E-state index contributed by atoms with van der Waals surface area (Å²) in [5.74, 6) is 1.23. The minimum Gasteiger partial charge on any atom is -0.342 e. The maximum Gasteiger partial charge on any atom is 0.151 e. The van der Waals surface area contributed by atoms with E-state index in [1.54, 1.807) is 0 Å². The number of benzene rings is 1. The molecule has 1 aliphatic rings. The molecule has 1 unspecified atom stereocenters. The van der Waals surface area contributed by atoms with Crippen LogP contribution in [0.2, 0.25) is 0 Å². The predicted molar refractivity (Wildman–Crippen MR) is 70.0 cm³/mol. The fourth-order valence-electron chi connectivity index (χ4n) is 2.48. The zero-order chi connectivity index (χ0) is 12.8. The summed E-state index contributed by atoms with van der Waals surface area (Å²) in [5, 5.41) is 0. The van der Waals surface area contributed by atoms with Crippen LogP contribution < -0.4 is 5.73 Å². The summed E-state index contributed by atoms with van der Waals surface area (Å²) in [6.45, 7) is 0.435. The third-order valence-corrected chi connectivity index (χ3v) is 5.22. The van der Waals surface area contributed by atoms with Gasteiger partial charge in [0.25, 0.3) is 0 Å². The largest absolute Gasteiger partial charge is 0.342 e. The second-order valence-corrected chi connectivity index (χ2v) is 6.97. The van der Waals surface area contributed by atoms with Crippen LogP contribution >= 0.6 is 0 Å². The first kappa shape index (κ1) is 11.7. The number of para-hydroxylation sites is 1. The number of rotatable bonds is 2. The zero-order valence-electron chi connectivity index (χ0n) is 9.89. The Kier molecular flexibility index (Phi) is 2.64. The van der Waals surface area contributed by atoms with Gasteiger partial charge in [-0.25, -0.2) is 13.4 Å². The lowest BCUT2D eigenvalue weighted by molar-refractivity contribution is 0.601. The first-order valence-corrected chi connectivity index (χ1v) is 7.79. The third kappa shape index (κ3) is 1.91. The Morgan fingerprint density at radius 2 is 2.28 bits per heavy atom. The normalized spacial score (nSPS) is 22.6. The highest BCUT2D eigenvalue weighted by molar-refractivity contribution is 7.91. The maximum absolute atomic E-state index is 11.5. The molecule has 2 aromatic rings. The molecule has 2 heterocycles. The highest BCUT2D eigenvalue weighted by atomic mass is 32.2. The average Bonchev–Trinajstić information content (AvgIpc) is 2.91. The number of aromatic amines is 1. The number of nitrogens with zero attached hydrogens (tertiary/aromatic N) is 1. The Balaban J connectivity index is 2.04. The van der Waals surface area contributed by atoms with E-state index < -0.39 is 9.84 Å². The topological polar surface area (TPSA) is 88.8 Å². The van der Waals surface area contributed by atoms with Gasteiger partial charge in [0.2, 0.25) is 0 Å². The van der Waals surface area contributed by atoms with Crippen molar-refractivity contribution >= 4 is 20.9 Å². The summed E-state index contributed by atoms with van der Waals surface area (Å²) in [5.41, 5.74) is 8.44. The summed E-state index contributed by atoms with van der Waals surface area (Å²) in [6, 6.07) is 5.81. The van der Waals surface area contributed by atoms with Crippen molar-refractivity contribution in [3.8, 4) is 0 Å². The van der Waals surface area contributed by atoms with Gasteiger partial charge in [0, 0.05) is 12.5 Å².